The van der Waals surface area contributed by atoms with Crippen molar-refractivity contribution in [2.75, 3.05) is 25.1 Å². The molecule has 2 aromatic heterocycles. The molecule has 3 unspecified atom stereocenters. The molecular formula is C30H35FN6O3. The number of nitrogens with one attached hydrogen (secondary N) is 2. The van der Waals surface area contributed by atoms with Crippen LogP contribution in [-0.4, -0.2) is 58.2 Å². The Morgan fingerprint density at radius 1 is 1.23 bits per heavy atom. The lowest BCUT2D eigenvalue weighted by atomic mass is 9.73. The third kappa shape index (κ3) is 5.03. The molecule has 6 heterocycles. The van der Waals surface area contributed by atoms with E-state index in [1.165, 1.54) is 7.11 Å². The zero-order valence-corrected chi connectivity index (χ0v) is 23.3. The van der Waals surface area contributed by atoms with Crippen molar-refractivity contribution < 1.29 is 18.7 Å². The first kappa shape index (κ1) is 26.3. The van der Waals surface area contributed by atoms with E-state index in [0.29, 0.717) is 12.6 Å². The van der Waals surface area contributed by atoms with Gasteiger partial charge >= 0.3 is 6.09 Å². The monoisotopic (exact) mass is 546 g/mol. The van der Waals surface area contributed by atoms with Gasteiger partial charge in [-0.3, -0.25) is 4.68 Å². The van der Waals surface area contributed by atoms with Crippen LogP contribution in [0, 0.1) is 5.82 Å². The van der Waals surface area contributed by atoms with Crippen molar-refractivity contribution in [2.24, 2.45) is 0 Å². The largest absolute Gasteiger partial charge is 0.494 e. The van der Waals surface area contributed by atoms with Crippen LogP contribution >= 0.6 is 0 Å². The van der Waals surface area contributed by atoms with Gasteiger partial charge in [0.2, 0.25) is 0 Å². The number of piperazine rings is 1. The van der Waals surface area contributed by atoms with Crippen LogP contribution < -0.4 is 20.3 Å². The number of methoxy groups -OCH3 is 1. The standard InChI is InChI=1S/C30H35FN6O3/c1-28(2,3)40-27(38)35-30(11-9-23-10-12-33-37(23)19-30)21-6-8-26(32-16-21)36-17-22-15-29(18-36,34-22)14-20-5-7-25(39-4)24(31)13-20/h5-13,16,22,34H,14-15,17-19H2,1-4H3,(H,35,38). The quantitative estimate of drug-likeness (QED) is 0.482. The Labute approximate surface area is 233 Å². The lowest BCUT2D eigenvalue weighted by Gasteiger charge is -2.58. The summed E-state index contributed by atoms with van der Waals surface area (Å²) in [5.41, 5.74) is 1.12. The number of rotatable bonds is 6. The number of piperidine rings is 1. The van der Waals surface area contributed by atoms with E-state index in [4.69, 9.17) is 14.5 Å². The summed E-state index contributed by atoms with van der Waals surface area (Å²) in [6.45, 7) is 7.56. The number of hydrogen-bond acceptors (Lipinski definition) is 7. The van der Waals surface area contributed by atoms with Gasteiger partial charge in [-0.05, 0) is 69.5 Å². The smallest absolute Gasteiger partial charge is 0.408 e. The average molecular weight is 547 g/mol. The summed E-state index contributed by atoms with van der Waals surface area (Å²) in [6, 6.07) is 11.5. The highest BCUT2D eigenvalue weighted by atomic mass is 19.1. The number of amides is 1. The van der Waals surface area contributed by atoms with Gasteiger partial charge in [-0.1, -0.05) is 18.2 Å². The zero-order valence-electron chi connectivity index (χ0n) is 23.3. The molecule has 4 aliphatic rings. The molecule has 210 valence electrons. The van der Waals surface area contributed by atoms with Gasteiger partial charge < -0.3 is 25.0 Å². The van der Waals surface area contributed by atoms with Gasteiger partial charge in [-0.25, -0.2) is 14.2 Å². The minimum Gasteiger partial charge on any atom is -0.494 e. The predicted molar refractivity (Wildman–Crippen MR) is 150 cm³/mol. The van der Waals surface area contributed by atoms with Crippen LogP contribution in [0.4, 0.5) is 15.0 Å². The maximum atomic E-state index is 14.3. The maximum Gasteiger partial charge on any atom is 0.408 e. The van der Waals surface area contributed by atoms with Crippen molar-refractivity contribution in [1.29, 1.82) is 0 Å². The Kier molecular flexibility index (Phi) is 6.33. The minimum atomic E-state index is -0.863. The number of carbonyl (C=O) groups is 1. The number of ether oxygens (including phenoxy) is 2. The number of nitrogens with zero attached hydrogens (tertiary/aromatic N) is 4. The van der Waals surface area contributed by atoms with Crippen molar-refractivity contribution in [2.45, 2.75) is 62.9 Å². The van der Waals surface area contributed by atoms with E-state index < -0.39 is 17.2 Å². The van der Waals surface area contributed by atoms with Gasteiger partial charge in [-0.2, -0.15) is 5.10 Å². The first-order valence-electron chi connectivity index (χ1n) is 13.6. The molecule has 3 fully saturated rings. The summed E-state index contributed by atoms with van der Waals surface area (Å²) in [7, 11) is 1.47. The van der Waals surface area contributed by atoms with Crippen LogP contribution in [0.1, 0.15) is 44.0 Å². The molecule has 0 spiro atoms. The highest BCUT2D eigenvalue weighted by Crippen LogP contribution is 2.38. The van der Waals surface area contributed by atoms with Gasteiger partial charge in [0.05, 0.1) is 19.3 Å². The van der Waals surface area contributed by atoms with Gasteiger partial charge in [0.1, 0.15) is 17.0 Å². The first-order valence-corrected chi connectivity index (χ1v) is 13.6. The molecule has 7 rings (SSSR count). The first-order chi connectivity index (χ1) is 19.1. The van der Waals surface area contributed by atoms with E-state index in [0.717, 1.165) is 48.6 Å². The molecule has 2 N–H and O–H groups in total. The normalized spacial score (nSPS) is 25.1. The fourth-order valence-corrected chi connectivity index (χ4v) is 6.16. The zero-order chi connectivity index (χ0) is 28.1. The van der Waals surface area contributed by atoms with Gasteiger partial charge in [0, 0.05) is 42.6 Å². The summed E-state index contributed by atoms with van der Waals surface area (Å²) in [6.07, 6.45) is 8.76. The molecule has 10 heteroatoms. The number of anilines is 1. The second-order valence-electron chi connectivity index (χ2n) is 12.1. The lowest BCUT2D eigenvalue weighted by Crippen LogP contribution is -2.76. The summed E-state index contributed by atoms with van der Waals surface area (Å²) < 4.78 is 26.8. The van der Waals surface area contributed by atoms with E-state index in [1.54, 1.807) is 18.3 Å². The highest BCUT2D eigenvalue weighted by molar-refractivity contribution is 5.71. The lowest BCUT2D eigenvalue weighted by molar-refractivity contribution is 0.0463. The maximum absolute atomic E-state index is 14.3. The number of hydrogen-bond donors (Lipinski definition) is 2. The van der Waals surface area contributed by atoms with E-state index in [-0.39, 0.29) is 17.1 Å². The third-order valence-electron chi connectivity index (χ3n) is 7.84. The molecule has 1 aromatic carbocycles. The van der Waals surface area contributed by atoms with Gasteiger partial charge in [0.15, 0.2) is 11.6 Å². The number of halogens is 1. The van der Waals surface area contributed by atoms with E-state index in [9.17, 15) is 9.18 Å². The average Bonchev–Trinajstić information content (AvgIpc) is 3.35. The molecule has 40 heavy (non-hydrogen) atoms. The number of alkyl carbamates (subject to hydrolysis) is 1. The number of benzene rings is 1. The van der Waals surface area contributed by atoms with Crippen LogP contribution in [0.3, 0.4) is 0 Å². The van der Waals surface area contributed by atoms with Crippen LogP contribution in [0.5, 0.6) is 5.75 Å². The van der Waals surface area contributed by atoms with E-state index >= 15 is 0 Å². The van der Waals surface area contributed by atoms with Crippen molar-refractivity contribution in [3.05, 3.63) is 77.5 Å². The Morgan fingerprint density at radius 3 is 2.75 bits per heavy atom. The van der Waals surface area contributed by atoms with Crippen molar-refractivity contribution >= 4 is 18.0 Å². The molecular weight excluding hydrogens is 511 g/mol. The molecule has 0 saturated carbocycles. The van der Waals surface area contributed by atoms with Gasteiger partial charge in [0.25, 0.3) is 0 Å². The highest BCUT2D eigenvalue weighted by Gasteiger charge is 2.49. The van der Waals surface area contributed by atoms with Gasteiger partial charge in [-0.15, -0.1) is 0 Å². The van der Waals surface area contributed by atoms with Crippen molar-refractivity contribution in [3.8, 4) is 5.75 Å². The Bertz CT molecular complexity index is 1440. The molecule has 2 bridgehead atoms. The Hall–Kier alpha value is -3.92. The number of pyridine rings is 1. The predicted octanol–water partition coefficient (Wildman–Crippen LogP) is 4.04. The molecule has 0 aliphatic carbocycles. The number of carbonyl (C=O) groups excluding carboxylic acids is 1. The topological polar surface area (TPSA) is 93.5 Å². The van der Waals surface area contributed by atoms with Crippen LogP contribution in [0.15, 0.2) is 54.9 Å². The fourth-order valence-electron chi connectivity index (χ4n) is 6.16. The molecule has 1 amide bonds. The van der Waals surface area contributed by atoms with E-state index in [2.05, 4.69) is 20.6 Å². The second kappa shape index (κ2) is 9.62. The van der Waals surface area contributed by atoms with Crippen molar-refractivity contribution in [1.82, 2.24) is 25.4 Å². The SMILES string of the molecule is COc1ccc(CC23CC(CN(c4ccc(C5(NC(=O)OC(C)(C)C)C=Cc6ccnn6C5)cn4)C2)N3)cc1F. The molecule has 0 radical (unpaired) electrons. The third-order valence-corrected chi connectivity index (χ3v) is 7.84. The molecule has 3 saturated heterocycles. The molecule has 4 aliphatic heterocycles. The van der Waals surface area contributed by atoms with Crippen LogP contribution in [0.2, 0.25) is 0 Å². The van der Waals surface area contributed by atoms with E-state index in [1.807, 2.05) is 68.1 Å². The summed E-state index contributed by atoms with van der Waals surface area (Å²) in [5, 5.41) is 11.2. The summed E-state index contributed by atoms with van der Waals surface area (Å²) >= 11 is 0. The summed E-state index contributed by atoms with van der Waals surface area (Å²) in [4.78, 5) is 20.0. The van der Waals surface area contributed by atoms with Crippen molar-refractivity contribution in [3.63, 3.8) is 0 Å². The molecule has 3 atom stereocenters. The minimum absolute atomic E-state index is 0.133. The summed E-state index contributed by atoms with van der Waals surface area (Å²) in [5.74, 6) is 0.781. The fraction of sp³-hybridized carbons (Fsp3) is 0.433. The van der Waals surface area contributed by atoms with Crippen LogP contribution in [0.25, 0.3) is 6.08 Å². The second-order valence-corrected chi connectivity index (χ2v) is 12.1. The molecule has 9 nitrogen and oxygen atoms in total. The Balaban J connectivity index is 1.21. The molecule has 3 aromatic rings. The number of fused-ring (bicyclic) bond motifs is 3. The Morgan fingerprint density at radius 2 is 2.05 bits per heavy atom. The van der Waals surface area contributed by atoms with Crippen LogP contribution in [-0.2, 0) is 23.2 Å². The number of aromatic nitrogens is 3.